The molecule has 0 aromatic heterocycles. The molecular weight excluding hydrogens is 180 g/mol. The Labute approximate surface area is 94.4 Å². The molecule has 0 unspecified atom stereocenters. The van der Waals surface area contributed by atoms with E-state index < -0.39 is 0 Å². The molecule has 0 radical (unpaired) electrons. The average Bonchev–Trinajstić information content (AvgIpc) is 2.25. The van der Waals surface area contributed by atoms with Crippen LogP contribution < -0.4 is 0 Å². The fraction of sp³-hybridized carbons (Fsp3) is 0.333. The standard InChI is InChI=1S/C15H22/c1-6-8-9-10-14(4)15(5)12-11-13(3)7-2/h6,8-12H,1,7H2,2-5H3. The van der Waals surface area contributed by atoms with Gasteiger partial charge in [-0.15, -0.1) is 0 Å². The lowest BCUT2D eigenvalue weighted by Gasteiger charge is -1.98. The van der Waals surface area contributed by atoms with E-state index in [9.17, 15) is 0 Å². The number of hydrogen-bond acceptors (Lipinski definition) is 0. The fourth-order valence-electron chi connectivity index (χ4n) is 0.926. The highest BCUT2D eigenvalue weighted by Gasteiger charge is 1.89. The smallest absolute Gasteiger partial charge is 0.0349 e. The van der Waals surface area contributed by atoms with Crippen LogP contribution in [0.4, 0.5) is 0 Å². The van der Waals surface area contributed by atoms with E-state index in [2.05, 4.69) is 52.5 Å². The second kappa shape index (κ2) is 8.05. The zero-order valence-electron chi connectivity index (χ0n) is 10.4. The molecule has 0 aromatic rings. The first-order valence-corrected chi connectivity index (χ1v) is 5.42. The van der Waals surface area contributed by atoms with Crippen molar-refractivity contribution in [1.29, 1.82) is 0 Å². The summed E-state index contributed by atoms with van der Waals surface area (Å²) >= 11 is 0. The Morgan fingerprint density at radius 3 is 2.07 bits per heavy atom. The second-order valence-corrected chi connectivity index (χ2v) is 3.69. The van der Waals surface area contributed by atoms with Gasteiger partial charge in [0.1, 0.15) is 0 Å². The summed E-state index contributed by atoms with van der Waals surface area (Å²) in [5, 5.41) is 0. The Hall–Kier alpha value is -1.30. The summed E-state index contributed by atoms with van der Waals surface area (Å²) in [5.41, 5.74) is 3.99. The molecular formula is C15H22. The Balaban J connectivity index is 4.56. The number of rotatable bonds is 5. The minimum Gasteiger partial charge on any atom is -0.0991 e. The molecule has 0 aliphatic rings. The SMILES string of the molecule is C=CC=CC=C(C)C(C)=CC=C(C)CC. The van der Waals surface area contributed by atoms with Crippen molar-refractivity contribution in [1.82, 2.24) is 0 Å². The molecule has 0 aliphatic heterocycles. The first-order valence-electron chi connectivity index (χ1n) is 5.42. The van der Waals surface area contributed by atoms with E-state index in [0.717, 1.165) is 6.42 Å². The van der Waals surface area contributed by atoms with Crippen LogP contribution in [0.3, 0.4) is 0 Å². The highest BCUT2D eigenvalue weighted by Crippen LogP contribution is 2.09. The van der Waals surface area contributed by atoms with E-state index in [1.54, 1.807) is 6.08 Å². The molecule has 0 atom stereocenters. The molecule has 0 amide bonds. The highest BCUT2D eigenvalue weighted by molar-refractivity contribution is 5.34. The van der Waals surface area contributed by atoms with Crippen molar-refractivity contribution < 1.29 is 0 Å². The molecule has 0 saturated heterocycles. The molecule has 0 heterocycles. The van der Waals surface area contributed by atoms with Gasteiger partial charge in [-0.25, -0.2) is 0 Å². The van der Waals surface area contributed by atoms with Crippen LogP contribution in [0.1, 0.15) is 34.1 Å². The number of hydrogen-bond donors (Lipinski definition) is 0. The molecule has 0 heteroatoms. The van der Waals surface area contributed by atoms with E-state index in [1.165, 1.54) is 16.7 Å². The van der Waals surface area contributed by atoms with Crippen LogP contribution in [0.25, 0.3) is 0 Å². The summed E-state index contributed by atoms with van der Waals surface area (Å²) in [6.45, 7) is 12.2. The van der Waals surface area contributed by atoms with Crippen LogP contribution in [-0.2, 0) is 0 Å². The lowest BCUT2D eigenvalue weighted by atomic mass is 10.1. The lowest BCUT2D eigenvalue weighted by Crippen LogP contribution is -1.78. The van der Waals surface area contributed by atoms with Crippen molar-refractivity contribution in [3.05, 3.63) is 59.8 Å². The van der Waals surface area contributed by atoms with Crippen LogP contribution in [0, 0.1) is 0 Å². The van der Waals surface area contributed by atoms with Crippen molar-refractivity contribution in [3.63, 3.8) is 0 Å². The van der Waals surface area contributed by atoms with Crippen LogP contribution in [0.15, 0.2) is 59.8 Å². The van der Waals surface area contributed by atoms with Crippen molar-refractivity contribution in [2.24, 2.45) is 0 Å². The topological polar surface area (TPSA) is 0 Å². The minimum absolute atomic E-state index is 1.11. The first-order chi connectivity index (χ1) is 7.11. The van der Waals surface area contributed by atoms with Crippen LogP contribution in [0.5, 0.6) is 0 Å². The molecule has 0 rings (SSSR count). The van der Waals surface area contributed by atoms with Crippen LogP contribution >= 0.6 is 0 Å². The normalized spacial score (nSPS) is 14.8. The fourth-order valence-corrected chi connectivity index (χ4v) is 0.926. The van der Waals surface area contributed by atoms with Gasteiger partial charge in [-0.05, 0) is 38.3 Å². The van der Waals surface area contributed by atoms with Crippen LogP contribution in [-0.4, -0.2) is 0 Å². The lowest BCUT2D eigenvalue weighted by molar-refractivity contribution is 1.10. The minimum atomic E-state index is 1.11. The van der Waals surface area contributed by atoms with E-state index in [1.807, 2.05) is 12.2 Å². The van der Waals surface area contributed by atoms with Crippen molar-refractivity contribution >= 4 is 0 Å². The van der Waals surface area contributed by atoms with Crippen molar-refractivity contribution in [2.75, 3.05) is 0 Å². The highest BCUT2D eigenvalue weighted by atomic mass is 14.0. The first kappa shape index (κ1) is 13.7. The largest absolute Gasteiger partial charge is 0.0991 e. The molecule has 15 heavy (non-hydrogen) atoms. The molecule has 0 aromatic carbocycles. The quantitative estimate of drug-likeness (QED) is 0.552. The molecule has 0 N–H and O–H groups in total. The third-order valence-corrected chi connectivity index (χ3v) is 2.39. The van der Waals surface area contributed by atoms with Crippen molar-refractivity contribution in [2.45, 2.75) is 34.1 Å². The summed E-state index contributed by atoms with van der Waals surface area (Å²) in [6, 6.07) is 0. The maximum atomic E-state index is 3.63. The van der Waals surface area contributed by atoms with E-state index in [4.69, 9.17) is 0 Å². The Kier molecular flexibility index (Phi) is 7.35. The van der Waals surface area contributed by atoms with Crippen molar-refractivity contribution in [3.8, 4) is 0 Å². The van der Waals surface area contributed by atoms with Gasteiger partial charge in [-0.2, -0.15) is 0 Å². The molecule has 0 bridgehead atoms. The monoisotopic (exact) mass is 202 g/mol. The van der Waals surface area contributed by atoms with E-state index >= 15 is 0 Å². The summed E-state index contributed by atoms with van der Waals surface area (Å²) in [6.07, 6.45) is 13.3. The maximum Gasteiger partial charge on any atom is -0.0349 e. The van der Waals surface area contributed by atoms with Gasteiger partial charge in [0.2, 0.25) is 0 Å². The van der Waals surface area contributed by atoms with Gasteiger partial charge in [-0.3, -0.25) is 0 Å². The van der Waals surface area contributed by atoms with Crippen LogP contribution in [0.2, 0.25) is 0 Å². The summed E-state index contributed by atoms with van der Waals surface area (Å²) in [7, 11) is 0. The van der Waals surface area contributed by atoms with Gasteiger partial charge < -0.3 is 0 Å². The Morgan fingerprint density at radius 1 is 0.933 bits per heavy atom. The summed E-state index contributed by atoms with van der Waals surface area (Å²) in [4.78, 5) is 0. The summed E-state index contributed by atoms with van der Waals surface area (Å²) in [5.74, 6) is 0. The van der Waals surface area contributed by atoms with Gasteiger partial charge in [0.15, 0.2) is 0 Å². The predicted molar refractivity (Wildman–Crippen MR) is 70.9 cm³/mol. The molecule has 0 spiro atoms. The molecule has 0 nitrogen and oxygen atoms in total. The van der Waals surface area contributed by atoms with Gasteiger partial charge >= 0.3 is 0 Å². The van der Waals surface area contributed by atoms with Gasteiger partial charge in [0.25, 0.3) is 0 Å². The zero-order valence-corrected chi connectivity index (χ0v) is 10.4. The van der Waals surface area contributed by atoms with Gasteiger partial charge in [0, 0.05) is 0 Å². The third kappa shape index (κ3) is 6.73. The average molecular weight is 202 g/mol. The van der Waals surface area contributed by atoms with Gasteiger partial charge in [-0.1, -0.05) is 55.5 Å². The molecule has 0 fully saturated rings. The Bertz CT molecular complexity index is 309. The summed E-state index contributed by atoms with van der Waals surface area (Å²) < 4.78 is 0. The van der Waals surface area contributed by atoms with Gasteiger partial charge in [0.05, 0.1) is 0 Å². The maximum absolute atomic E-state index is 3.63. The molecule has 0 saturated carbocycles. The second-order valence-electron chi connectivity index (χ2n) is 3.69. The third-order valence-electron chi connectivity index (χ3n) is 2.39. The molecule has 82 valence electrons. The Morgan fingerprint density at radius 2 is 1.53 bits per heavy atom. The van der Waals surface area contributed by atoms with E-state index in [-0.39, 0.29) is 0 Å². The van der Waals surface area contributed by atoms with E-state index in [0.29, 0.717) is 0 Å². The molecule has 0 aliphatic carbocycles. The predicted octanol–water partition coefficient (Wildman–Crippen LogP) is 4.98. The number of allylic oxidation sites excluding steroid dienone is 9. The zero-order chi connectivity index (χ0) is 11.7.